The number of benzene rings is 2. The summed E-state index contributed by atoms with van der Waals surface area (Å²) in [5.74, 6) is 0.418. The number of rotatable bonds is 8. The lowest BCUT2D eigenvalue weighted by atomic mass is 10.0. The summed E-state index contributed by atoms with van der Waals surface area (Å²) in [5, 5.41) is 8.84. The first kappa shape index (κ1) is 21.2. The molecule has 0 radical (unpaired) electrons. The molecular weight excluding hydrogens is 418 g/mol. The number of carbonyl (C=O) groups is 3. The molecule has 8 heteroatoms. The first-order valence-electron chi connectivity index (χ1n) is 10.4. The molecule has 4 rings (SSSR count). The monoisotopic (exact) mass is 441 g/mol. The molecule has 3 N–H and O–H groups in total. The second-order valence-electron chi connectivity index (χ2n) is 7.81. The lowest BCUT2D eigenvalue weighted by Crippen LogP contribution is -2.25. The van der Waals surface area contributed by atoms with E-state index in [4.69, 9.17) is 16.3 Å². The van der Waals surface area contributed by atoms with Crippen molar-refractivity contribution in [2.75, 3.05) is 17.2 Å². The highest BCUT2D eigenvalue weighted by Gasteiger charge is 2.24. The fraction of sp³-hybridized carbons (Fsp3) is 0.348. The van der Waals surface area contributed by atoms with E-state index < -0.39 is 0 Å². The third kappa shape index (κ3) is 5.76. The van der Waals surface area contributed by atoms with Crippen molar-refractivity contribution < 1.29 is 19.1 Å². The number of amides is 3. The van der Waals surface area contributed by atoms with Gasteiger partial charge in [-0.15, -0.1) is 0 Å². The topological polar surface area (TPSA) is 96.5 Å². The maximum Gasteiger partial charge on any atom is 0.253 e. The highest BCUT2D eigenvalue weighted by molar-refractivity contribution is 6.34. The predicted molar refractivity (Wildman–Crippen MR) is 119 cm³/mol. The molecule has 0 bridgehead atoms. The van der Waals surface area contributed by atoms with E-state index in [1.165, 1.54) is 0 Å². The second kappa shape index (κ2) is 9.39. The maximum absolute atomic E-state index is 12.2. The molecule has 2 aromatic carbocycles. The Labute approximate surface area is 185 Å². The first-order valence-corrected chi connectivity index (χ1v) is 10.8. The maximum atomic E-state index is 12.2. The minimum atomic E-state index is -0.188. The van der Waals surface area contributed by atoms with Crippen LogP contribution in [-0.4, -0.2) is 30.4 Å². The molecule has 162 valence electrons. The summed E-state index contributed by atoms with van der Waals surface area (Å²) in [6.07, 6.45) is 4.03. The molecule has 1 fully saturated rings. The highest BCUT2D eigenvalue weighted by atomic mass is 35.5. The van der Waals surface area contributed by atoms with E-state index in [0.29, 0.717) is 48.6 Å². The number of hydrogen-bond acceptors (Lipinski definition) is 4. The summed E-state index contributed by atoms with van der Waals surface area (Å²) in [6.45, 7) is 0.402. The number of anilines is 2. The minimum absolute atomic E-state index is 0.0321. The van der Waals surface area contributed by atoms with Gasteiger partial charge in [0.1, 0.15) is 5.75 Å². The Hall–Kier alpha value is -3.06. The molecule has 2 aliphatic rings. The van der Waals surface area contributed by atoms with Gasteiger partial charge in [-0.05, 0) is 67.6 Å². The molecule has 1 aliphatic carbocycles. The summed E-state index contributed by atoms with van der Waals surface area (Å²) in [6, 6.07) is 10.7. The van der Waals surface area contributed by atoms with Gasteiger partial charge in [0.15, 0.2) is 0 Å². The average Bonchev–Trinajstić information content (AvgIpc) is 3.55. The van der Waals surface area contributed by atoms with E-state index in [1.54, 1.807) is 18.2 Å². The van der Waals surface area contributed by atoms with Gasteiger partial charge in [0, 0.05) is 30.3 Å². The molecule has 31 heavy (non-hydrogen) atoms. The fourth-order valence-corrected chi connectivity index (χ4v) is 3.63. The zero-order valence-electron chi connectivity index (χ0n) is 17.0. The van der Waals surface area contributed by atoms with Crippen molar-refractivity contribution in [1.82, 2.24) is 5.32 Å². The van der Waals surface area contributed by atoms with Crippen LogP contribution in [0.1, 0.15) is 48.0 Å². The lowest BCUT2D eigenvalue weighted by Gasteiger charge is -2.17. The fourth-order valence-electron chi connectivity index (χ4n) is 3.36. The number of fused-ring (bicyclic) bond motifs is 1. The van der Waals surface area contributed by atoms with Crippen LogP contribution in [0.3, 0.4) is 0 Å². The number of aryl methyl sites for hydroxylation is 1. The number of ether oxygens (including phenoxy) is 1. The van der Waals surface area contributed by atoms with Crippen LogP contribution in [-0.2, 0) is 16.0 Å². The molecule has 0 unspecified atom stereocenters. The normalized spacial score (nSPS) is 14.9. The molecule has 0 atom stereocenters. The van der Waals surface area contributed by atoms with Gasteiger partial charge in [-0.25, -0.2) is 0 Å². The summed E-state index contributed by atoms with van der Waals surface area (Å²) in [7, 11) is 0. The first-order chi connectivity index (χ1) is 15.0. The number of carbonyl (C=O) groups excluding carboxylic acids is 3. The third-order valence-corrected chi connectivity index (χ3v) is 5.51. The third-order valence-electron chi connectivity index (χ3n) is 5.20. The largest absolute Gasteiger partial charge is 0.494 e. The summed E-state index contributed by atoms with van der Waals surface area (Å²) in [5.41, 5.74) is 2.85. The molecule has 1 saturated carbocycles. The molecule has 2 aromatic rings. The molecule has 0 spiro atoms. The molecule has 0 aromatic heterocycles. The van der Waals surface area contributed by atoms with Crippen LogP contribution in [0, 0.1) is 0 Å². The van der Waals surface area contributed by atoms with E-state index >= 15 is 0 Å². The van der Waals surface area contributed by atoms with Crippen molar-refractivity contribution in [3.05, 3.63) is 52.5 Å². The number of halogens is 1. The van der Waals surface area contributed by atoms with Gasteiger partial charge in [-0.3, -0.25) is 14.4 Å². The zero-order valence-corrected chi connectivity index (χ0v) is 17.8. The van der Waals surface area contributed by atoms with Crippen molar-refractivity contribution in [2.45, 2.75) is 44.6 Å². The molecular formula is C23H24ClN3O4. The van der Waals surface area contributed by atoms with Gasteiger partial charge in [0.05, 0.1) is 17.2 Å². The van der Waals surface area contributed by atoms with E-state index in [-0.39, 0.29) is 23.8 Å². The lowest BCUT2D eigenvalue weighted by molar-refractivity contribution is -0.117. The Morgan fingerprint density at radius 3 is 2.74 bits per heavy atom. The van der Waals surface area contributed by atoms with Gasteiger partial charge in [-0.1, -0.05) is 11.6 Å². The molecule has 7 nitrogen and oxygen atoms in total. The van der Waals surface area contributed by atoms with Crippen LogP contribution in [0.4, 0.5) is 11.4 Å². The summed E-state index contributed by atoms with van der Waals surface area (Å²) in [4.78, 5) is 35.7. The van der Waals surface area contributed by atoms with Crippen LogP contribution < -0.4 is 20.7 Å². The van der Waals surface area contributed by atoms with Crippen molar-refractivity contribution in [1.29, 1.82) is 0 Å². The highest BCUT2D eigenvalue weighted by Crippen LogP contribution is 2.27. The Morgan fingerprint density at radius 1 is 1.13 bits per heavy atom. The molecule has 1 aliphatic heterocycles. The average molecular weight is 442 g/mol. The Morgan fingerprint density at radius 2 is 1.97 bits per heavy atom. The van der Waals surface area contributed by atoms with Crippen molar-refractivity contribution in [3.8, 4) is 5.75 Å². The van der Waals surface area contributed by atoms with Gasteiger partial charge < -0.3 is 20.7 Å². The van der Waals surface area contributed by atoms with Crippen LogP contribution in [0.2, 0.25) is 5.02 Å². The zero-order chi connectivity index (χ0) is 21.8. The second-order valence-corrected chi connectivity index (χ2v) is 8.22. The summed E-state index contributed by atoms with van der Waals surface area (Å²) < 4.78 is 5.74. The van der Waals surface area contributed by atoms with E-state index in [9.17, 15) is 14.4 Å². The molecule has 1 heterocycles. The number of nitrogens with one attached hydrogen (secondary N) is 3. The van der Waals surface area contributed by atoms with Crippen molar-refractivity contribution in [2.24, 2.45) is 0 Å². The standard InChI is InChI=1S/C23H24ClN3O4/c24-19-13-16(6-8-18(19)23(30)26-15-4-5-15)25-21(28)2-1-11-31-17-7-9-20-14(12-17)3-10-22(29)27-20/h6-9,12-13,15H,1-5,10-11H2,(H,25,28)(H,26,30)(H,27,29). The van der Waals surface area contributed by atoms with E-state index in [1.807, 2.05) is 18.2 Å². The van der Waals surface area contributed by atoms with Gasteiger partial charge in [0.25, 0.3) is 5.91 Å². The van der Waals surface area contributed by atoms with Crippen molar-refractivity contribution in [3.63, 3.8) is 0 Å². The SMILES string of the molecule is O=C(CCCOc1ccc2c(c1)CCC(=O)N2)Nc1ccc(C(=O)NC2CC2)c(Cl)c1. The predicted octanol–water partition coefficient (Wildman–Crippen LogP) is 3.91. The van der Waals surface area contributed by atoms with Crippen molar-refractivity contribution >= 4 is 40.7 Å². The van der Waals surface area contributed by atoms with Crippen LogP contribution in [0.15, 0.2) is 36.4 Å². The Bertz CT molecular complexity index is 1020. The van der Waals surface area contributed by atoms with Crippen LogP contribution in [0.25, 0.3) is 0 Å². The van der Waals surface area contributed by atoms with Gasteiger partial charge in [-0.2, -0.15) is 0 Å². The Kier molecular flexibility index (Phi) is 6.42. The van der Waals surface area contributed by atoms with E-state index in [0.717, 1.165) is 29.8 Å². The van der Waals surface area contributed by atoms with Crippen LogP contribution in [0.5, 0.6) is 5.75 Å². The smallest absolute Gasteiger partial charge is 0.253 e. The Balaban J connectivity index is 1.21. The van der Waals surface area contributed by atoms with E-state index in [2.05, 4.69) is 16.0 Å². The molecule has 3 amide bonds. The summed E-state index contributed by atoms with van der Waals surface area (Å²) >= 11 is 6.21. The minimum Gasteiger partial charge on any atom is -0.494 e. The van der Waals surface area contributed by atoms with Gasteiger partial charge >= 0.3 is 0 Å². The van der Waals surface area contributed by atoms with Gasteiger partial charge in [0.2, 0.25) is 11.8 Å². The molecule has 0 saturated heterocycles. The van der Waals surface area contributed by atoms with Crippen LogP contribution >= 0.6 is 11.6 Å². The quantitative estimate of drug-likeness (QED) is 0.541. The number of hydrogen-bond donors (Lipinski definition) is 3.